The second-order valence-electron chi connectivity index (χ2n) is 3.99. The molecule has 1 amide bonds. The number of nitrogens with two attached hydrogens (primary N) is 1. The molecule has 4 heteroatoms. The molecule has 0 aliphatic rings. The van der Waals surface area contributed by atoms with Crippen molar-refractivity contribution in [2.75, 3.05) is 0 Å². The number of thiophene rings is 1. The first-order chi connectivity index (χ1) is 8.68. The number of hydrogen-bond donors (Lipinski definition) is 1. The second kappa shape index (κ2) is 6.07. The molecular formula is C14H15NOS2. The molecule has 0 aliphatic carbocycles. The van der Waals surface area contributed by atoms with Crippen LogP contribution in [0.15, 0.2) is 47.8 Å². The van der Waals surface area contributed by atoms with E-state index in [0.29, 0.717) is 0 Å². The van der Waals surface area contributed by atoms with Crippen molar-refractivity contribution in [3.05, 3.63) is 58.3 Å². The van der Waals surface area contributed by atoms with Crippen molar-refractivity contribution in [2.45, 2.75) is 17.4 Å². The molecular weight excluding hydrogens is 262 g/mol. The van der Waals surface area contributed by atoms with E-state index in [1.807, 2.05) is 41.8 Å². The normalized spacial score (nSPS) is 14.1. The van der Waals surface area contributed by atoms with Crippen LogP contribution >= 0.6 is 23.1 Å². The Balaban J connectivity index is 2.15. The van der Waals surface area contributed by atoms with Gasteiger partial charge in [0.2, 0.25) is 5.91 Å². The SMILES string of the molecule is C[C@@H](S[C@@H](C(N)=O)c1ccccc1)c1cccs1. The Hall–Kier alpha value is -1.26. The van der Waals surface area contributed by atoms with Gasteiger partial charge in [-0.15, -0.1) is 23.1 Å². The van der Waals surface area contributed by atoms with Crippen LogP contribution in [0.1, 0.15) is 27.9 Å². The Labute approximate surface area is 115 Å². The monoisotopic (exact) mass is 277 g/mol. The Bertz CT molecular complexity index is 496. The van der Waals surface area contributed by atoms with E-state index in [1.54, 1.807) is 23.1 Å². The zero-order valence-corrected chi connectivity index (χ0v) is 11.7. The third-order valence-corrected chi connectivity index (χ3v) is 5.29. The molecule has 1 aromatic carbocycles. The molecule has 2 aromatic rings. The lowest BCUT2D eigenvalue weighted by atomic mass is 10.1. The predicted octanol–water partition coefficient (Wildman–Crippen LogP) is 3.77. The summed E-state index contributed by atoms with van der Waals surface area (Å²) in [6.07, 6.45) is 0. The summed E-state index contributed by atoms with van der Waals surface area (Å²) in [6.45, 7) is 2.11. The second-order valence-corrected chi connectivity index (χ2v) is 6.42. The summed E-state index contributed by atoms with van der Waals surface area (Å²) in [7, 11) is 0. The molecule has 2 rings (SSSR count). The van der Waals surface area contributed by atoms with Gasteiger partial charge in [0.15, 0.2) is 0 Å². The fraction of sp³-hybridized carbons (Fsp3) is 0.214. The maximum atomic E-state index is 11.6. The van der Waals surface area contributed by atoms with Gasteiger partial charge in [-0.2, -0.15) is 0 Å². The van der Waals surface area contributed by atoms with Gasteiger partial charge in [0, 0.05) is 10.1 Å². The van der Waals surface area contributed by atoms with E-state index in [9.17, 15) is 4.79 Å². The highest BCUT2D eigenvalue weighted by molar-refractivity contribution is 8.00. The van der Waals surface area contributed by atoms with Gasteiger partial charge in [0.05, 0.1) is 0 Å². The largest absolute Gasteiger partial charge is 0.368 e. The van der Waals surface area contributed by atoms with E-state index >= 15 is 0 Å². The molecule has 0 saturated carbocycles. The summed E-state index contributed by atoms with van der Waals surface area (Å²) in [4.78, 5) is 12.9. The first kappa shape index (κ1) is 13.2. The molecule has 18 heavy (non-hydrogen) atoms. The molecule has 0 saturated heterocycles. The van der Waals surface area contributed by atoms with Crippen LogP contribution in [0.3, 0.4) is 0 Å². The van der Waals surface area contributed by atoms with Crippen LogP contribution in [0, 0.1) is 0 Å². The van der Waals surface area contributed by atoms with Gasteiger partial charge in [0.25, 0.3) is 0 Å². The third kappa shape index (κ3) is 3.15. The zero-order chi connectivity index (χ0) is 13.0. The third-order valence-electron chi connectivity index (χ3n) is 2.64. The average Bonchev–Trinajstić information content (AvgIpc) is 2.90. The van der Waals surface area contributed by atoms with Gasteiger partial charge < -0.3 is 5.73 Å². The Morgan fingerprint density at radius 3 is 2.50 bits per heavy atom. The van der Waals surface area contributed by atoms with Gasteiger partial charge in [0.1, 0.15) is 5.25 Å². The van der Waals surface area contributed by atoms with Crippen LogP contribution in [-0.4, -0.2) is 5.91 Å². The molecule has 2 atom stereocenters. The highest BCUT2D eigenvalue weighted by Gasteiger charge is 2.22. The van der Waals surface area contributed by atoms with Crippen molar-refractivity contribution in [2.24, 2.45) is 5.73 Å². The molecule has 0 spiro atoms. The van der Waals surface area contributed by atoms with Crippen molar-refractivity contribution in [3.8, 4) is 0 Å². The van der Waals surface area contributed by atoms with Gasteiger partial charge >= 0.3 is 0 Å². The molecule has 0 fully saturated rings. The summed E-state index contributed by atoms with van der Waals surface area (Å²) in [5.41, 5.74) is 6.48. The van der Waals surface area contributed by atoms with Crippen molar-refractivity contribution in [1.29, 1.82) is 0 Å². The maximum Gasteiger partial charge on any atom is 0.235 e. The van der Waals surface area contributed by atoms with Crippen molar-refractivity contribution in [3.63, 3.8) is 0 Å². The first-order valence-electron chi connectivity index (χ1n) is 5.71. The number of thioether (sulfide) groups is 1. The van der Waals surface area contributed by atoms with Gasteiger partial charge in [-0.05, 0) is 23.9 Å². The van der Waals surface area contributed by atoms with E-state index in [1.165, 1.54) is 4.88 Å². The fourth-order valence-electron chi connectivity index (χ4n) is 1.73. The summed E-state index contributed by atoms with van der Waals surface area (Å²) < 4.78 is 0. The standard InChI is InChI=1S/C14H15NOS2/c1-10(12-8-5-9-17-12)18-13(14(15)16)11-6-3-2-4-7-11/h2-10,13H,1H3,(H2,15,16)/t10-,13-/m1/s1. The lowest BCUT2D eigenvalue weighted by molar-refractivity contribution is -0.117. The quantitative estimate of drug-likeness (QED) is 0.904. The lowest BCUT2D eigenvalue weighted by Gasteiger charge is -2.17. The number of carbonyl (C=O) groups excluding carboxylic acids is 1. The number of hydrogen-bond acceptors (Lipinski definition) is 3. The smallest absolute Gasteiger partial charge is 0.235 e. The van der Waals surface area contributed by atoms with Gasteiger partial charge in [-0.1, -0.05) is 36.4 Å². The highest BCUT2D eigenvalue weighted by Crippen LogP contribution is 2.41. The van der Waals surface area contributed by atoms with E-state index in [-0.39, 0.29) is 16.4 Å². The molecule has 0 aliphatic heterocycles. The van der Waals surface area contributed by atoms with E-state index in [0.717, 1.165) is 5.56 Å². The zero-order valence-electron chi connectivity index (χ0n) is 10.1. The molecule has 0 unspecified atom stereocenters. The molecule has 94 valence electrons. The molecule has 0 radical (unpaired) electrons. The van der Waals surface area contributed by atoms with Crippen molar-refractivity contribution < 1.29 is 4.79 Å². The van der Waals surface area contributed by atoms with Gasteiger partial charge in [-0.25, -0.2) is 0 Å². The maximum absolute atomic E-state index is 11.6. The Morgan fingerprint density at radius 2 is 1.94 bits per heavy atom. The lowest BCUT2D eigenvalue weighted by Crippen LogP contribution is -2.19. The average molecular weight is 277 g/mol. The Kier molecular flexibility index (Phi) is 4.44. The minimum atomic E-state index is -0.289. The molecule has 1 heterocycles. The highest BCUT2D eigenvalue weighted by atomic mass is 32.2. The summed E-state index contributed by atoms with van der Waals surface area (Å²) in [5, 5.41) is 2.03. The van der Waals surface area contributed by atoms with Crippen LogP contribution in [0.25, 0.3) is 0 Å². The number of carbonyl (C=O) groups is 1. The van der Waals surface area contributed by atoms with Crippen LogP contribution < -0.4 is 5.73 Å². The molecule has 1 aromatic heterocycles. The van der Waals surface area contributed by atoms with Crippen LogP contribution in [-0.2, 0) is 4.79 Å². The molecule has 2 N–H and O–H groups in total. The fourth-order valence-corrected chi connectivity index (χ4v) is 3.80. The minimum Gasteiger partial charge on any atom is -0.368 e. The summed E-state index contributed by atoms with van der Waals surface area (Å²) >= 11 is 3.31. The number of amides is 1. The van der Waals surface area contributed by atoms with Crippen LogP contribution in [0.2, 0.25) is 0 Å². The summed E-state index contributed by atoms with van der Waals surface area (Å²) in [6, 6.07) is 13.8. The van der Waals surface area contributed by atoms with E-state index in [4.69, 9.17) is 5.73 Å². The number of primary amides is 1. The van der Waals surface area contributed by atoms with Gasteiger partial charge in [-0.3, -0.25) is 4.79 Å². The van der Waals surface area contributed by atoms with Crippen molar-refractivity contribution >= 4 is 29.0 Å². The molecule has 0 bridgehead atoms. The first-order valence-corrected chi connectivity index (χ1v) is 7.54. The van der Waals surface area contributed by atoms with Crippen LogP contribution in [0.5, 0.6) is 0 Å². The van der Waals surface area contributed by atoms with E-state index in [2.05, 4.69) is 13.0 Å². The minimum absolute atomic E-state index is 0.266. The molecule has 2 nitrogen and oxygen atoms in total. The topological polar surface area (TPSA) is 43.1 Å². The summed E-state index contributed by atoms with van der Waals surface area (Å²) in [5.74, 6) is -0.283. The Morgan fingerprint density at radius 1 is 1.22 bits per heavy atom. The number of rotatable bonds is 5. The van der Waals surface area contributed by atoms with Crippen LogP contribution in [0.4, 0.5) is 0 Å². The number of benzene rings is 1. The predicted molar refractivity (Wildman–Crippen MR) is 78.7 cm³/mol. The van der Waals surface area contributed by atoms with E-state index < -0.39 is 0 Å². The van der Waals surface area contributed by atoms with Crippen molar-refractivity contribution in [1.82, 2.24) is 0 Å².